The van der Waals surface area contributed by atoms with Crippen molar-refractivity contribution in [2.75, 3.05) is 29.3 Å². The Morgan fingerprint density at radius 3 is 2.70 bits per heavy atom. The third kappa shape index (κ3) is 3.40. The fourth-order valence-electron chi connectivity index (χ4n) is 2.87. The van der Waals surface area contributed by atoms with Gasteiger partial charge < -0.3 is 9.64 Å². The molecule has 2 heterocycles. The summed E-state index contributed by atoms with van der Waals surface area (Å²) in [4.78, 5) is 6.73. The van der Waals surface area contributed by atoms with Gasteiger partial charge in [0, 0.05) is 11.4 Å². The minimum absolute atomic E-state index is 0.110. The van der Waals surface area contributed by atoms with Crippen LogP contribution in [0.1, 0.15) is 6.92 Å². The molecule has 2 aliphatic heterocycles. The van der Waals surface area contributed by atoms with Crippen molar-refractivity contribution in [3.8, 4) is 5.75 Å². The van der Waals surface area contributed by atoms with Gasteiger partial charge in [0.2, 0.25) is 0 Å². The van der Waals surface area contributed by atoms with Gasteiger partial charge in [0.1, 0.15) is 5.75 Å². The molecule has 124 valence electrons. The van der Waals surface area contributed by atoms with Crippen LogP contribution in [-0.4, -0.2) is 50.0 Å². The molecule has 7 heteroatoms. The molecule has 5 nitrogen and oxygen atoms in total. The molecule has 0 aromatic heterocycles. The van der Waals surface area contributed by atoms with Crippen LogP contribution < -0.4 is 9.64 Å². The second-order valence-electron chi connectivity index (χ2n) is 5.94. The van der Waals surface area contributed by atoms with E-state index in [1.165, 1.54) is 0 Å². The van der Waals surface area contributed by atoms with E-state index < -0.39 is 9.84 Å². The smallest absolute Gasteiger partial charge is 0.164 e. The molecule has 1 saturated heterocycles. The second kappa shape index (κ2) is 6.20. The zero-order valence-corrected chi connectivity index (χ0v) is 14.9. The van der Waals surface area contributed by atoms with Gasteiger partial charge in [0.25, 0.3) is 0 Å². The van der Waals surface area contributed by atoms with Gasteiger partial charge in [-0.1, -0.05) is 23.9 Å². The molecular formula is C16H20N2O3S2. The van der Waals surface area contributed by atoms with Crippen LogP contribution in [0, 0.1) is 0 Å². The summed E-state index contributed by atoms with van der Waals surface area (Å²) in [6.07, 6.45) is 0. The monoisotopic (exact) mass is 352 g/mol. The molecule has 0 bridgehead atoms. The summed E-state index contributed by atoms with van der Waals surface area (Å²) in [5.41, 5.74) is 2.01. The van der Waals surface area contributed by atoms with Crippen LogP contribution in [0.15, 0.2) is 41.4 Å². The lowest BCUT2D eigenvalue weighted by atomic mass is 10.1. The largest absolute Gasteiger partial charge is 0.497 e. The minimum atomic E-state index is -3.01. The van der Waals surface area contributed by atoms with Crippen molar-refractivity contribution in [3.63, 3.8) is 0 Å². The van der Waals surface area contributed by atoms with E-state index in [0.29, 0.717) is 0 Å². The fraction of sp³-hybridized carbons (Fsp3) is 0.438. The molecule has 0 saturated carbocycles. The predicted molar refractivity (Wildman–Crippen MR) is 96.4 cm³/mol. The predicted octanol–water partition coefficient (Wildman–Crippen LogP) is 2.35. The lowest BCUT2D eigenvalue weighted by Gasteiger charge is -2.26. The summed E-state index contributed by atoms with van der Waals surface area (Å²) in [6.45, 7) is 5.90. The van der Waals surface area contributed by atoms with E-state index in [4.69, 9.17) is 4.74 Å². The van der Waals surface area contributed by atoms with Crippen LogP contribution in [0.2, 0.25) is 0 Å². The Hall–Kier alpha value is -1.47. The quantitative estimate of drug-likeness (QED) is 0.779. The van der Waals surface area contributed by atoms with E-state index in [0.717, 1.165) is 27.9 Å². The number of aliphatic imine (C=N–C) groups is 1. The zero-order chi connectivity index (χ0) is 16.6. The number of anilines is 1. The highest BCUT2D eigenvalue weighted by molar-refractivity contribution is 8.14. The standard InChI is InChI=1S/C16H20N2O3S2/c1-11(2)8-22-16-17-14-9-23(19,20)10-15(14)18(16)12-4-6-13(21-3)7-5-12/h4-7,14-15H,1,8-10H2,2-3H3/t14-,15-/m1/s1. The Bertz CT molecular complexity index is 741. The average molecular weight is 352 g/mol. The van der Waals surface area contributed by atoms with Crippen molar-refractivity contribution < 1.29 is 13.2 Å². The topological polar surface area (TPSA) is 59.0 Å². The van der Waals surface area contributed by atoms with Crippen LogP contribution >= 0.6 is 11.8 Å². The number of rotatable bonds is 4. The molecule has 1 aromatic rings. The molecule has 3 rings (SSSR count). The van der Waals surface area contributed by atoms with Gasteiger partial charge in [-0.25, -0.2) is 8.42 Å². The molecule has 0 unspecified atom stereocenters. The van der Waals surface area contributed by atoms with Crippen LogP contribution in [0.3, 0.4) is 0 Å². The van der Waals surface area contributed by atoms with Crippen molar-refractivity contribution in [2.45, 2.75) is 19.0 Å². The van der Waals surface area contributed by atoms with E-state index in [1.54, 1.807) is 18.9 Å². The first kappa shape index (κ1) is 16.4. The van der Waals surface area contributed by atoms with Crippen molar-refractivity contribution in [2.24, 2.45) is 4.99 Å². The molecular weight excluding hydrogens is 332 g/mol. The highest BCUT2D eigenvalue weighted by atomic mass is 32.2. The van der Waals surface area contributed by atoms with Crippen LogP contribution in [-0.2, 0) is 9.84 Å². The van der Waals surface area contributed by atoms with Crippen LogP contribution in [0.5, 0.6) is 5.75 Å². The number of methoxy groups -OCH3 is 1. The molecule has 2 atom stereocenters. The Labute approximate surface area is 141 Å². The number of nitrogens with zero attached hydrogens (tertiary/aromatic N) is 2. The van der Waals surface area contributed by atoms with Crippen LogP contribution in [0.25, 0.3) is 0 Å². The number of thioether (sulfide) groups is 1. The number of amidine groups is 1. The molecule has 0 aliphatic carbocycles. The number of sulfone groups is 1. The first-order valence-corrected chi connectivity index (χ1v) is 10.2. The number of benzene rings is 1. The summed E-state index contributed by atoms with van der Waals surface area (Å²) < 4.78 is 29.1. The van der Waals surface area contributed by atoms with Crippen molar-refractivity contribution in [3.05, 3.63) is 36.4 Å². The maximum atomic E-state index is 12.0. The van der Waals surface area contributed by atoms with E-state index >= 15 is 0 Å². The Balaban J connectivity index is 1.91. The number of hydrogen-bond donors (Lipinski definition) is 0. The molecule has 23 heavy (non-hydrogen) atoms. The Morgan fingerprint density at radius 2 is 2.09 bits per heavy atom. The number of fused-ring (bicyclic) bond motifs is 1. The van der Waals surface area contributed by atoms with Crippen molar-refractivity contribution in [1.29, 1.82) is 0 Å². The molecule has 0 radical (unpaired) electrons. The van der Waals surface area contributed by atoms with Gasteiger partial charge in [0.15, 0.2) is 15.0 Å². The number of ether oxygens (including phenoxy) is 1. The van der Waals surface area contributed by atoms with E-state index in [9.17, 15) is 8.42 Å². The highest BCUT2D eigenvalue weighted by Gasteiger charge is 2.47. The van der Waals surface area contributed by atoms with Gasteiger partial charge in [-0.3, -0.25) is 4.99 Å². The SMILES string of the molecule is C=C(C)CSC1=N[C@@H]2CS(=O)(=O)C[C@H]2N1c1ccc(OC)cc1. The first-order chi connectivity index (χ1) is 10.9. The van der Waals surface area contributed by atoms with Gasteiger partial charge >= 0.3 is 0 Å². The molecule has 2 aliphatic rings. The summed E-state index contributed by atoms with van der Waals surface area (Å²) in [6, 6.07) is 7.38. The van der Waals surface area contributed by atoms with Gasteiger partial charge in [-0.2, -0.15) is 0 Å². The Morgan fingerprint density at radius 1 is 1.39 bits per heavy atom. The molecule has 0 N–H and O–H groups in total. The lowest BCUT2D eigenvalue weighted by molar-refractivity contribution is 0.415. The lowest BCUT2D eigenvalue weighted by Crippen LogP contribution is -2.39. The summed E-state index contributed by atoms with van der Waals surface area (Å²) in [5.74, 6) is 1.85. The summed E-state index contributed by atoms with van der Waals surface area (Å²) >= 11 is 1.61. The number of hydrogen-bond acceptors (Lipinski definition) is 6. The maximum Gasteiger partial charge on any atom is 0.164 e. The van der Waals surface area contributed by atoms with E-state index in [-0.39, 0.29) is 23.6 Å². The van der Waals surface area contributed by atoms with Crippen molar-refractivity contribution in [1.82, 2.24) is 0 Å². The van der Waals surface area contributed by atoms with E-state index in [2.05, 4.69) is 16.5 Å². The second-order valence-corrected chi connectivity index (χ2v) is 9.03. The molecule has 1 aromatic carbocycles. The molecule has 0 amide bonds. The first-order valence-electron chi connectivity index (χ1n) is 7.38. The van der Waals surface area contributed by atoms with Gasteiger partial charge in [-0.05, 0) is 31.2 Å². The van der Waals surface area contributed by atoms with E-state index in [1.807, 2.05) is 31.2 Å². The summed E-state index contributed by atoms with van der Waals surface area (Å²) in [7, 11) is -1.39. The zero-order valence-electron chi connectivity index (χ0n) is 13.2. The molecule has 0 spiro atoms. The fourth-order valence-corrected chi connectivity index (χ4v) is 5.68. The third-order valence-corrected chi connectivity index (χ3v) is 6.80. The normalized spacial score (nSPS) is 25.1. The maximum absolute atomic E-state index is 12.0. The van der Waals surface area contributed by atoms with Gasteiger partial charge in [0.05, 0.1) is 30.7 Å². The molecule has 1 fully saturated rings. The summed E-state index contributed by atoms with van der Waals surface area (Å²) in [5, 5.41) is 0.878. The Kier molecular flexibility index (Phi) is 4.42. The van der Waals surface area contributed by atoms with Crippen molar-refractivity contribution >= 4 is 32.5 Å². The minimum Gasteiger partial charge on any atom is -0.497 e. The van der Waals surface area contributed by atoms with Gasteiger partial charge in [-0.15, -0.1) is 0 Å². The third-order valence-electron chi connectivity index (χ3n) is 3.91. The van der Waals surface area contributed by atoms with Crippen LogP contribution in [0.4, 0.5) is 5.69 Å². The highest BCUT2D eigenvalue weighted by Crippen LogP contribution is 2.35. The average Bonchev–Trinajstić information content (AvgIpc) is 2.96.